The lowest BCUT2D eigenvalue weighted by atomic mass is 10.1. The van der Waals surface area contributed by atoms with Crippen molar-refractivity contribution in [3.8, 4) is 17.4 Å². The van der Waals surface area contributed by atoms with Gasteiger partial charge in [0.2, 0.25) is 11.8 Å². The Labute approximate surface area is 186 Å². The second kappa shape index (κ2) is 11.3. The largest absolute Gasteiger partial charge is 0.497 e. The molecular formula is C24H27F2N3O3. The Morgan fingerprint density at radius 1 is 0.844 bits per heavy atom. The monoisotopic (exact) mass is 443 g/mol. The van der Waals surface area contributed by atoms with Crippen molar-refractivity contribution >= 4 is 5.95 Å². The molecular weight excluding hydrogens is 416 g/mol. The van der Waals surface area contributed by atoms with Crippen molar-refractivity contribution in [1.29, 1.82) is 0 Å². The maximum Gasteiger partial charge on any atom is 0.229 e. The minimum absolute atomic E-state index is 0.142. The second-order valence-electron chi connectivity index (χ2n) is 7.21. The van der Waals surface area contributed by atoms with E-state index in [-0.39, 0.29) is 12.3 Å². The van der Waals surface area contributed by atoms with Crippen LogP contribution in [0.2, 0.25) is 0 Å². The van der Waals surface area contributed by atoms with Crippen LogP contribution < -0.4 is 19.1 Å². The summed E-state index contributed by atoms with van der Waals surface area (Å²) in [7, 11) is 4.70. The first-order valence-electron chi connectivity index (χ1n) is 10.2. The molecule has 0 fully saturated rings. The highest BCUT2D eigenvalue weighted by Crippen LogP contribution is 2.24. The normalized spacial score (nSPS) is 11.7. The second-order valence-corrected chi connectivity index (χ2v) is 7.21. The Bertz CT molecular complexity index is 935. The Morgan fingerprint density at radius 3 is 1.81 bits per heavy atom. The number of rotatable bonds is 11. The lowest BCUT2D eigenvalue weighted by Gasteiger charge is -2.24. The summed E-state index contributed by atoms with van der Waals surface area (Å²) in [4.78, 5) is 10.9. The standard InChI is InChI=1S/C24H27F2N3O3/c1-30-21-8-4-17(5-9-21)15-29(16-18-6-10-22(31-2)11-7-18)24-27-14-19(12-20(26)13-25)23(28-24)32-3/h4-11,14,20H,12-13,15-16H2,1-3H3. The zero-order valence-corrected chi connectivity index (χ0v) is 18.4. The first-order valence-corrected chi connectivity index (χ1v) is 10.2. The zero-order valence-electron chi connectivity index (χ0n) is 18.4. The van der Waals surface area contributed by atoms with E-state index >= 15 is 0 Å². The van der Waals surface area contributed by atoms with Crippen LogP contribution in [0.25, 0.3) is 0 Å². The number of nitrogens with zero attached hydrogens (tertiary/aromatic N) is 3. The summed E-state index contributed by atoms with van der Waals surface area (Å²) < 4.78 is 42.0. The van der Waals surface area contributed by atoms with Crippen LogP contribution in [-0.4, -0.2) is 44.1 Å². The molecule has 1 unspecified atom stereocenters. The fourth-order valence-electron chi connectivity index (χ4n) is 3.24. The molecule has 0 radical (unpaired) electrons. The maximum absolute atomic E-state index is 13.6. The van der Waals surface area contributed by atoms with Crippen LogP contribution in [0, 0.1) is 0 Å². The van der Waals surface area contributed by atoms with Crippen molar-refractivity contribution in [3.05, 3.63) is 71.4 Å². The predicted molar refractivity (Wildman–Crippen MR) is 119 cm³/mol. The van der Waals surface area contributed by atoms with Crippen molar-refractivity contribution in [1.82, 2.24) is 9.97 Å². The molecule has 170 valence electrons. The lowest BCUT2D eigenvalue weighted by molar-refractivity contribution is 0.256. The first-order chi connectivity index (χ1) is 15.6. The number of hydrogen-bond donors (Lipinski definition) is 0. The van der Waals surface area contributed by atoms with Gasteiger partial charge in [-0.25, -0.2) is 13.8 Å². The SMILES string of the molecule is COc1ccc(CN(Cc2ccc(OC)cc2)c2ncc(CC(F)CF)c(OC)n2)cc1. The van der Waals surface area contributed by atoms with Crippen molar-refractivity contribution in [3.63, 3.8) is 0 Å². The van der Waals surface area contributed by atoms with Gasteiger partial charge in [-0.3, -0.25) is 0 Å². The van der Waals surface area contributed by atoms with E-state index in [9.17, 15) is 8.78 Å². The van der Waals surface area contributed by atoms with Gasteiger partial charge in [0.25, 0.3) is 0 Å². The molecule has 0 aliphatic heterocycles. The molecule has 1 aromatic heterocycles. The Balaban J connectivity index is 1.90. The van der Waals surface area contributed by atoms with Crippen molar-refractivity contribution in [2.45, 2.75) is 25.7 Å². The number of anilines is 1. The molecule has 2 aromatic carbocycles. The molecule has 0 amide bonds. The van der Waals surface area contributed by atoms with Gasteiger partial charge >= 0.3 is 0 Å². The van der Waals surface area contributed by atoms with Crippen LogP contribution in [0.5, 0.6) is 17.4 Å². The molecule has 0 spiro atoms. The molecule has 0 aliphatic carbocycles. The van der Waals surface area contributed by atoms with Gasteiger partial charge in [-0.05, 0) is 35.4 Å². The first kappa shape index (κ1) is 23.2. The van der Waals surface area contributed by atoms with E-state index in [0.717, 1.165) is 22.6 Å². The van der Waals surface area contributed by atoms with Crippen LogP contribution in [0.15, 0.2) is 54.7 Å². The molecule has 8 heteroatoms. The summed E-state index contributed by atoms with van der Waals surface area (Å²) in [6, 6.07) is 15.5. The third-order valence-electron chi connectivity index (χ3n) is 4.96. The molecule has 3 aromatic rings. The Hall–Kier alpha value is -3.42. The van der Waals surface area contributed by atoms with Crippen LogP contribution in [-0.2, 0) is 19.5 Å². The van der Waals surface area contributed by atoms with Crippen molar-refractivity contribution in [2.24, 2.45) is 0 Å². The van der Waals surface area contributed by atoms with Gasteiger partial charge in [-0.1, -0.05) is 24.3 Å². The highest BCUT2D eigenvalue weighted by molar-refractivity contribution is 5.40. The maximum atomic E-state index is 13.6. The third kappa shape index (κ3) is 6.06. The molecule has 0 N–H and O–H groups in total. The van der Waals surface area contributed by atoms with Gasteiger partial charge in [0.05, 0.1) is 21.3 Å². The van der Waals surface area contributed by atoms with E-state index in [1.165, 1.54) is 13.3 Å². The minimum Gasteiger partial charge on any atom is -0.497 e. The van der Waals surface area contributed by atoms with E-state index in [2.05, 4.69) is 9.97 Å². The molecule has 3 rings (SSSR count). The van der Waals surface area contributed by atoms with Gasteiger partial charge in [0.15, 0.2) is 0 Å². The number of aromatic nitrogens is 2. The number of alkyl halides is 2. The topological polar surface area (TPSA) is 56.7 Å². The number of hydrogen-bond acceptors (Lipinski definition) is 6. The average Bonchev–Trinajstić information content (AvgIpc) is 2.84. The van der Waals surface area contributed by atoms with E-state index < -0.39 is 12.8 Å². The summed E-state index contributed by atoms with van der Waals surface area (Å²) in [5, 5.41) is 0. The quantitative estimate of drug-likeness (QED) is 0.433. The molecule has 1 heterocycles. The summed E-state index contributed by atoms with van der Waals surface area (Å²) in [5.41, 5.74) is 2.50. The summed E-state index contributed by atoms with van der Waals surface area (Å²) in [6.45, 7) is -0.0184. The van der Waals surface area contributed by atoms with Crippen LogP contribution in [0.4, 0.5) is 14.7 Å². The zero-order chi connectivity index (χ0) is 22.9. The molecule has 6 nitrogen and oxygen atoms in total. The number of halogens is 2. The Kier molecular flexibility index (Phi) is 8.19. The van der Waals surface area contributed by atoms with E-state index in [1.54, 1.807) is 14.2 Å². The smallest absolute Gasteiger partial charge is 0.229 e. The molecule has 0 aliphatic rings. The van der Waals surface area contributed by atoms with Gasteiger partial charge in [0, 0.05) is 31.3 Å². The summed E-state index contributed by atoms with van der Waals surface area (Å²) in [6.07, 6.45) is -0.261. The van der Waals surface area contributed by atoms with Gasteiger partial charge in [-0.2, -0.15) is 4.98 Å². The molecule has 32 heavy (non-hydrogen) atoms. The lowest BCUT2D eigenvalue weighted by Crippen LogP contribution is -2.25. The Morgan fingerprint density at radius 2 is 1.38 bits per heavy atom. The molecule has 1 atom stereocenters. The summed E-state index contributed by atoms with van der Waals surface area (Å²) in [5.74, 6) is 2.20. The number of methoxy groups -OCH3 is 3. The molecule has 0 saturated carbocycles. The number of ether oxygens (including phenoxy) is 3. The average molecular weight is 443 g/mol. The van der Waals surface area contributed by atoms with Crippen molar-refractivity contribution < 1.29 is 23.0 Å². The highest BCUT2D eigenvalue weighted by Gasteiger charge is 2.18. The van der Waals surface area contributed by atoms with Crippen LogP contribution in [0.3, 0.4) is 0 Å². The van der Waals surface area contributed by atoms with E-state index in [0.29, 0.717) is 24.6 Å². The third-order valence-corrected chi connectivity index (χ3v) is 4.96. The highest BCUT2D eigenvalue weighted by atomic mass is 19.2. The summed E-state index contributed by atoms with van der Waals surface area (Å²) >= 11 is 0. The number of benzene rings is 2. The minimum atomic E-state index is -1.62. The van der Waals surface area contributed by atoms with E-state index in [4.69, 9.17) is 14.2 Å². The fraction of sp³-hybridized carbons (Fsp3) is 0.333. The molecule has 0 bridgehead atoms. The fourth-order valence-corrected chi connectivity index (χ4v) is 3.24. The predicted octanol–water partition coefficient (Wildman–Crippen LogP) is 4.56. The van der Waals surface area contributed by atoms with Crippen molar-refractivity contribution in [2.75, 3.05) is 32.9 Å². The molecule has 0 saturated heterocycles. The van der Waals surface area contributed by atoms with Gasteiger partial charge in [-0.15, -0.1) is 0 Å². The van der Waals surface area contributed by atoms with Gasteiger partial charge < -0.3 is 19.1 Å². The van der Waals surface area contributed by atoms with Gasteiger partial charge in [0.1, 0.15) is 24.3 Å². The van der Waals surface area contributed by atoms with Crippen LogP contribution >= 0.6 is 0 Å². The van der Waals surface area contributed by atoms with E-state index in [1.807, 2.05) is 53.4 Å². The van der Waals surface area contributed by atoms with Crippen LogP contribution in [0.1, 0.15) is 16.7 Å².